The second kappa shape index (κ2) is 9.68. The average molecular weight is 416 g/mol. The van der Waals surface area contributed by atoms with Crippen LogP contribution in [0.2, 0.25) is 0 Å². The van der Waals surface area contributed by atoms with Crippen molar-refractivity contribution in [2.24, 2.45) is 0 Å². The number of nitrogens with one attached hydrogen (secondary N) is 1. The Balaban J connectivity index is 1.98. The normalized spacial score (nSPS) is 15.0. The van der Waals surface area contributed by atoms with E-state index in [4.69, 9.17) is 12.2 Å². The van der Waals surface area contributed by atoms with Crippen LogP contribution in [0, 0.1) is 0 Å². The maximum atomic E-state index is 12.6. The lowest BCUT2D eigenvalue weighted by atomic mass is 10.3. The third kappa shape index (κ3) is 5.42. The number of anilines is 1. The Labute approximate surface area is 165 Å². The summed E-state index contributed by atoms with van der Waals surface area (Å²) in [5.74, 6) is -0.0152. The number of thioether (sulfide) groups is 1. The highest BCUT2D eigenvalue weighted by molar-refractivity contribution is 8.23. The van der Waals surface area contributed by atoms with E-state index in [1.165, 1.54) is 22.1 Å². The fourth-order valence-corrected chi connectivity index (χ4v) is 5.48. The molecule has 0 atom stereocenters. The van der Waals surface area contributed by atoms with Gasteiger partial charge in [-0.25, -0.2) is 8.42 Å². The van der Waals surface area contributed by atoms with Crippen molar-refractivity contribution in [1.82, 2.24) is 9.21 Å². The van der Waals surface area contributed by atoms with E-state index in [1.807, 2.05) is 18.7 Å². The van der Waals surface area contributed by atoms with Gasteiger partial charge in [0.1, 0.15) is 4.32 Å². The topological polar surface area (TPSA) is 69.7 Å². The van der Waals surface area contributed by atoms with Crippen LogP contribution in [-0.4, -0.2) is 59.8 Å². The third-order valence-corrected chi connectivity index (χ3v) is 7.59. The molecule has 0 aromatic heterocycles. The molecule has 0 spiro atoms. The highest BCUT2D eigenvalue weighted by Crippen LogP contribution is 2.23. The number of hydrogen-bond acceptors (Lipinski definition) is 5. The Kier molecular flexibility index (Phi) is 7.87. The number of benzene rings is 1. The van der Waals surface area contributed by atoms with Crippen LogP contribution in [0.15, 0.2) is 29.2 Å². The molecule has 1 saturated heterocycles. The first kappa shape index (κ1) is 21.1. The largest absolute Gasteiger partial charge is 0.358 e. The number of rotatable bonds is 7. The molecule has 0 aliphatic carbocycles. The summed E-state index contributed by atoms with van der Waals surface area (Å²) in [5.41, 5.74) is 0.477. The molecule has 1 fully saturated rings. The van der Waals surface area contributed by atoms with Crippen molar-refractivity contribution < 1.29 is 13.2 Å². The summed E-state index contributed by atoms with van der Waals surface area (Å²) in [6, 6.07) is 6.41. The monoisotopic (exact) mass is 415 g/mol. The summed E-state index contributed by atoms with van der Waals surface area (Å²) in [5, 5.41) is 2.75. The highest BCUT2D eigenvalue weighted by Gasteiger charge is 2.27. The second-order valence-corrected chi connectivity index (χ2v) is 9.46. The van der Waals surface area contributed by atoms with Crippen molar-refractivity contribution in [2.75, 3.05) is 37.2 Å². The number of nitrogens with zero attached hydrogens (tertiary/aromatic N) is 2. The van der Waals surface area contributed by atoms with Gasteiger partial charge in [0.25, 0.3) is 0 Å². The number of hydrogen-bond donors (Lipinski definition) is 1. The lowest BCUT2D eigenvalue weighted by Crippen LogP contribution is -2.28. The van der Waals surface area contributed by atoms with Crippen LogP contribution >= 0.6 is 24.0 Å². The van der Waals surface area contributed by atoms with E-state index < -0.39 is 10.0 Å². The van der Waals surface area contributed by atoms with E-state index in [2.05, 4.69) is 5.32 Å². The maximum absolute atomic E-state index is 12.6. The SMILES string of the molecule is CCN(CC)C(=S)SCC(=O)Nc1cccc(S(=O)(=O)N2CCCC2)c1. The number of carbonyl (C=O) groups excluding carboxylic acids is 1. The fraction of sp³-hybridized carbons (Fsp3) is 0.529. The molecule has 6 nitrogen and oxygen atoms in total. The minimum Gasteiger partial charge on any atom is -0.358 e. The molecule has 0 bridgehead atoms. The van der Waals surface area contributed by atoms with E-state index >= 15 is 0 Å². The number of carbonyl (C=O) groups is 1. The summed E-state index contributed by atoms with van der Waals surface area (Å²) in [6.07, 6.45) is 1.78. The van der Waals surface area contributed by atoms with Crippen LogP contribution in [0.5, 0.6) is 0 Å². The maximum Gasteiger partial charge on any atom is 0.243 e. The van der Waals surface area contributed by atoms with E-state index in [0.717, 1.165) is 25.9 Å². The molecule has 0 saturated carbocycles. The van der Waals surface area contributed by atoms with Gasteiger partial charge in [-0.1, -0.05) is 30.0 Å². The number of thiocarbonyl (C=S) groups is 1. The molecule has 0 unspecified atom stereocenters. The van der Waals surface area contributed by atoms with Crippen molar-refractivity contribution in [3.05, 3.63) is 24.3 Å². The minimum atomic E-state index is -3.49. The quantitative estimate of drug-likeness (QED) is 0.691. The minimum absolute atomic E-state index is 0.193. The number of sulfonamides is 1. The van der Waals surface area contributed by atoms with Gasteiger partial charge < -0.3 is 10.2 Å². The second-order valence-electron chi connectivity index (χ2n) is 5.91. The molecule has 1 aliphatic heterocycles. The molecule has 1 aliphatic rings. The molecule has 144 valence electrons. The van der Waals surface area contributed by atoms with Crippen LogP contribution < -0.4 is 5.32 Å². The van der Waals surface area contributed by atoms with Gasteiger partial charge in [-0.15, -0.1) is 0 Å². The average Bonchev–Trinajstić information content (AvgIpc) is 3.17. The Morgan fingerprint density at radius 3 is 2.54 bits per heavy atom. The summed E-state index contributed by atoms with van der Waals surface area (Å²) < 4.78 is 27.4. The van der Waals surface area contributed by atoms with Crippen molar-refractivity contribution in [3.63, 3.8) is 0 Å². The molecule has 1 heterocycles. The van der Waals surface area contributed by atoms with E-state index in [9.17, 15) is 13.2 Å². The Morgan fingerprint density at radius 1 is 1.27 bits per heavy atom. The van der Waals surface area contributed by atoms with Crippen molar-refractivity contribution >= 4 is 49.9 Å². The summed E-state index contributed by atoms with van der Waals surface area (Å²) in [7, 11) is -3.49. The Bertz CT molecular complexity index is 743. The van der Waals surface area contributed by atoms with Crippen LogP contribution in [0.1, 0.15) is 26.7 Å². The smallest absolute Gasteiger partial charge is 0.243 e. The first-order valence-corrected chi connectivity index (χ1v) is 11.5. The summed E-state index contributed by atoms with van der Waals surface area (Å²) in [4.78, 5) is 14.4. The van der Waals surface area contributed by atoms with E-state index in [-0.39, 0.29) is 16.6 Å². The molecule has 0 radical (unpaired) electrons. The zero-order chi connectivity index (χ0) is 19.2. The van der Waals surface area contributed by atoms with Gasteiger partial charge in [0.2, 0.25) is 15.9 Å². The molecular weight excluding hydrogens is 390 g/mol. The lowest BCUT2D eigenvalue weighted by molar-refractivity contribution is -0.113. The van der Waals surface area contributed by atoms with E-state index in [1.54, 1.807) is 18.2 Å². The molecule has 1 N–H and O–H groups in total. The zero-order valence-corrected chi connectivity index (χ0v) is 17.6. The fourth-order valence-electron chi connectivity index (χ4n) is 2.71. The van der Waals surface area contributed by atoms with Crippen molar-refractivity contribution in [1.29, 1.82) is 0 Å². The van der Waals surface area contributed by atoms with Crippen LogP contribution in [0.25, 0.3) is 0 Å². The zero-order valence-electron chi connectivity index (χ0n) is 15.1. The molecule has 9 heteroatoms. The predicted molar refractivity (Wildman–Crippen MR) is 111 cm³/mol. The molecule has 1 amide bonds. The van der Waals surface area contributed by atoms with Gasteiger partial charge in [0.15, 0.2) is 0 Å². The van der Waals surface area contributed by atoms with E-state index in [0.29, 0.717) is 23.1 Å². The van der Waals surface area contributed by atoms with Crippen molar-refractivity contribution in [3.8, 4) is 0 Å². The van der Waals surface area contributed by atoms with Gasteiger partial charge >= 0.3 is 0 Å². The van der Waals surface area contributed by atoms with Gasteiger partial charge in [-0.05, 0) is 44.9 Å². The Hall–Kier alpha value is -1.16. The standard InChI is InChI=1S/C17H25N3O3S3/c1-3-19(4-2)17(24)25-13-16(21)18-14-8-7-9-15(12-14)26(22,23)20-10-5-6-11-20/h7-9,12H,3-6,10-11,13H2,1-2H3,(H,18,21). The molecule has 1 aromatic rings. The van der Waals surface area contributed by atoms with Crippen molar-refractivity contribution in [2.45, 2.75) is 31.6 Å². The highest BCUT2D eigenvalue weighted by atomic mass is 32.2. The van der Waals surface area contributed by atoms with Crippen LogP contribution in [0.4, 0.5) is 5.69 Å². The van der Waals surface area contributed by atoms with Crippen LogP contribution in [-0.2, 0) is 14.8 Å². The molecular formula is C17H25N3O3S3. The summed E-state index contributed by atoms with van der Waals surface area (Å²) in [6.45, 7) is 6.75. The first-order valence-electron chi connectivity index (χ1n) is 8.70. The van der Waals surface area contributed by atoms with Gasteiger partial charge in [-0.2, -0.15) is 4.31 Å². The first-order chi connectivity index (χ1) is 12.4. The van der Waals surface area contributed by atoms with Gasteiger partial charge in [-0.3, -0.25) is 4.79 Å². The lowest BCUT2D eigenvalue weighted by Gasteiger charge is -2.20. The predicted octanol–water partition coefficient (Wildman–Crippen LogP) is 2.77. The molecule has 2 rings (SSSR count). The van der Waals surface area contributed by atoms with Gasteiger partial charge in [0, 0.05) is 31.9 Å². The Morgan fingerprint density at radius 2 is 1.92 bits per heavy atom. The van der Waals surface area contributed by atoms with Gasteiger partial charge in [0.05, 0.1) is 10.6 Å². The van der Waals surface area contributed by atoms with Crippen LogP contribution in [0.3, 0.4) is 0 Å². The molecule has 26 heavy (non-hydrogen) atoms. The third-order valence-electron chi connectivity index (χ3n) is 4.17. The summed E-state index contributed by atoms with van der Waals surface area (Å²) >= 11 is 6.62. The number of amides is 1. The molecule has 1 aromatic carbocycles.